The van der Waals surface area contributed by atoms with Crippen LogP contribution in [0.5, 0.6) is 0 Å². The molecule has 0 rings (SSSR count). The third-order valence-corrected chi connectivity index (χ3v) is 10.9. The number of hydrogen-bond donors (Lipinski definition) is 3. The van der Waals surface area contributed by atoms with Crippen LogP contribution >= 0.6 is 0 Å². The summed E-state index contributed by atoms with van der Waals surface area (Å²) < 4.78 is 5.43. The second-order valence-corrected chi connectivity index (χ2v) is 16.4. The van der Waals surface area contributed by atoms with E-state index < -0.39 is 12.1 Å². The van der Waals surface area contributed by atoms with Crippen LogP contribution < -0.4 is 5.32 Å². The highest BCUT2D eigenvalue weighted by atomic mass is 16.5. The van der Waals surface area contributed by atoms with Crippen molar-refractivity contribution >= 4 is 11.9 Å². The van der Waals surface area contributed by atoms with Crippen molar-refractivity contribution in [2.75, 3.05) is 13.2 Å². The standard InChI is InChI=1S/C50H93NO5/c1-3-5-7-9-11-13-15-16-17-18-19-20-21-23-28-32-36-40-44-50(55)56-45-41-37-33-29-25-24-27-31-35-39-43-49(54)51-47(46-52)48(53)42-38-34-30-26-22-14-12-10-8-6-4-2/h13,15,17-18,25,29,47-48,52-53H,3-12,14,16,19-24,26-28,30-46H2,1-2H3,(H,51,54)/b15-13-,18-17-,29-25-. The lowest BCUT2D eigenvalue weighted by Crippen LogP contribution is -2.45. The maximum absolute atomic E-state index is 12.4. The maximum Gasteiger partial charge on any atom is 0.305 e. The summed E-state index contributed by atoms with van der Waals surface area (Å²) in [5.41, 5.74) is 0. The van der Waals surface area contributed by atoms with Gasteiger partial charge in [0, 0.05) is 12.8 Å². The Kier molecular flexibility index (Phi) is 44.2. The van der Waals surface area contributed by atoms with Crippen molar-refractivity contribution in [3.63, 3.8) is 0 Å². The van der Waals surface area contributed by atoms with Gasteiger partial charge in [-0.3, -0.25) is 9.59 Å². The number of hydrogen-bond acceptors (Lipinski definition) is 5. The zero-order valence-electron chi connectivity index (χ0n) is 37.1. The van der Waals surface area contributed by atoms with E-state index in [1.54, 1.807) is 0 Å². The Bertz CT molecular complexity index is 915. The predicted octanol–water partition coefficient (Wildman–Crippen LogP) is 14.1. The molecule has 6 nitrogen and oxygen atoms in total. The predicted molar refractivity (Wildman–Crippen MR) is 241 cm³/mol. The first-order valence-corrected chi connectivity index (χ1v) is 24.2. The number of allylic oxidation sites excluding steroid dienone is 6. The molecule has 0 fully saturated rings. The first-order chi connectivity index (χ1) is 27.5. The van der Waals surface area contributed by atoms with Crippen molar-refractivity contribution in [1.82, 2.24) is 5.32 Å². The Morgan fingerprint density at radius 1 is 0.500 bits per heavy atom. The van der Waals surface area contributed by atoms with E-state index in [1.807, 2.05) is 0 Å². The highest BCUT2D eigenvalue weighted by Gasteiger charge is 2.20. The Balaban J connectivity index is 3.53. The van der Waals surface area contributed by atoms with Crippen LogP contribution in [0.3, 0.4) is 0 Å². The van der Waals surface area contributed by atoms with Crippen molar-refractivity contribution in [1.29, 1.82) is 0 Å². The summed E-state index contributed by atoms with van der Waals surface area (Å²) in [6.07, 6.45) is 53.9. The summed E-state index contributed by atoms with van der Waals surface area (Å²) in [6.45, 7) is 4.82. The van der Waals surface area contributed by atoms with Gasteiger partial charge in [0.15, 0.2) is 0 Å². The number of unbranched alkanes of at least 4 members (excludes halogenated alkanes) is 27. The van der Waals surface area contributed by atoms with Gasteiger partial charge in [0.05, 0.1) is 25.4 Å². The minimum Gasteiger partial charge on any atom is -0.466 e. The van der Waals surface area contributed by atoms with Crippen molar-refractivity contribution in [3.8, 4) is 0 Å². The number of carbonyl (C=O) groups excluding carboxylic acids is 2. The van der Waals surface area contributed by atoms with E-state index in [1.165, 1.54) is 128 Å². The molecule has 3 N–H and O–H groups in total. The molecular formula is C50H93NO5. The first-order valence-electron chi connectivity index (χ1n) is 24.2. The molecule has 0 spiro atoms. The lowest BCUT2D eigenvalue weighted by molar-refractivity contribution is -0.143. The molecule has 2 atom stereocenters. The van der Waals surface area contributed by atoms with Gasteiger partial charge < -0.3 is 20.3 Å². The van der Waals surface area contributed by atoms with Gasteiger partial charge in [-0.05, 0) is 83.5 Å². The van der Waals surface area contributed by atoms with Gasteiger partial charge in [-0.1, -0.05) is 185 Å². The summed E-state index contributed by atoms with van der Waals surface area (Å²) >= 11 is 0. The molecule has 0 saturated carbocycles. The zero-order valence-corrected chi connectivity index (χ0v) is 37.1. The van der Waals surface area contributed by atoms with Crippen LogP contribution in [0.15, 0.2) is 36.5 Å². The van der Waals surface area contributed by atoms with Gasteiger partial charge in [0.1, 0.15) is 0 Å². The number of aliphatic hydroxyl groups excluding tert-OH is 2. The van der Waals surface area contributed by atoms with Gasteiger partial charge in [-0.2, -0.15) is 0 Å². The van der Waals surface area contributed by atoms with E-state index in [0.717, 1.165) is 83.5 Å². The molecule has 2 unspecified atom stereocenters. The molecule has 0 heterocycles. The van der Waals surface area contributed by atoms with Crippen LogP contribution in [0.4, 0.5) is 0 Å². The molecule has 328 valence electrons. The highest BCUT2D eigenvalue weighted by molar-refractivity contribution is 5.76. The minimum absolute atomic E-state index is 0.0447. The van der Waals surface area contributed by atoms with Crippen LogP contribution in [0, 0.1) is 0 Å². The lowest BCUT2D eigenvalue weighted by atomic mass is 10.0. The van der Waals surface area contributed by atoms with Gasteiger partial charge in [-0.25, -0.2) is 0 Å². The lowest BCUT2D eigenvalue weighted by Gasteiger charge is -2.22. The molecule has 0 aliphatic rings. The monoisotopic (exact) mass is 788 g/mol. The fourth-order valence-corrected chi connectivity index (χ4v) is 7.13. The molecule has 0 aromatic heterocycles. The Hall–Kier alpha value is -1.92. The zero-order chi connectivity index (χ0) is 40.8. The normalized spacial score (nSPS) is 13.0. The van der Waals surface area contributed by atoms with E-state index >= 15 is 0 Å². The summed E-state index contributed by atoms with van der Waals surface area (Å²) in [7, 11) is 0. The Morgan fingerprint density at radius 3 is 1.39 bits per heavy atom. The molecule has 0 saturated heterocycles. The highest BCUT2D eigenvalue weighted by Crippen LogP contribution is 2.15. The molecular weight excluding hydrogens is 695 g/mol. The quantitative estimate of drug-likeness (QED) is 0.0325. The fraction of sp³-hybridized carbons (Fsp3) is 0.840. The number of amides is 1. The van der Waals surface area contributed by atoms with Crippen molar-refractivity contribution in [3.05, 3.63) is 36.5 Å². The number of rotatable bonds is 44. The van der Waals surface area contributed by atoms with E-state index in [2.05, 4.69) is 55.6 Å². The molecule has 0 radical (unpaired) electrons. The minimum atomic E-state index is -0.685. The third kappa shape index (κ3) is 41.7. The molecule has 56 heavy (non-hydrogen) atoms. The number of carbonyl (C=O) groups is 2. The fourth-order valence-electron chi connectivity index (χ4n) is 7.13. The molecule has 0 aromatic carbocycles. The van der Waals surface area contributed by atoms with E-state index in [4.69, 9.17) is 4.74 Å². The van der Waals surface area contributed by atoms with Crippen LogP contribution in [-0.4, -0.2) is 47.4 Å². The second kappa shape index (κ2) is 45.8. The topological polar surface area (TPSA) is 95.9 Å². The van der Waals surface area contributed by atoms with Gasteiger partial charge in [0.2, 0.25) is 5.91 Å². The van der Waals surface area contributed by atoms with Crippen LogP contribution in [-0.2, 0) is 14.3 Å². The molecule has 6 heteroatoms. The van der Waals surface area contributed by atoms with Crippen molar-refractivity contribution in [2.24, 2.45) is 0 Å². The summed E-state index contributed by atoms with van der Waals surface area (Å²) in [6, 6.07) is -0.566. The number of ether oxygens (including phenoxy) is 1. The smallest absolute Gasteiger partial charge is 0.305 e. The van der Waals surface area contributed by atoms with Crippen LogP contribution in [0.2, 0.25) is 0 Å². The Morgan fingerprint density at radius 2 is 0.893 bits per heavy atom. The number of esters is 1. The molecule has 0 bridgehead atoms. The van der Waals surface area contributed by atoms with E-state index in [9.17, 15) is 19.8 Å². The number of nitrogens with one attached hydrogen (secondary N) is 1. The van der Waals surface area contributed by atoms with Crippen LogP contribution in [0.25, 0.3) is 0 Å². The average molecular weight is 788 g/mol. The first kappa shape index (κ1) is 54.1. The van der Waals surface area contributed by atoms with Gasteiger partial charge in [0.25, 0.3) is 0 Å². The van der Waals surface area contributed by atoms with Gasteiger partial charge >= 0.3 is 5.97 Å². The summed E-state index contributed by atoms with van der Waals surface area (Å²) in [4.78, 5) is 24.4. The summed E-state index contributed by atoms with van der Waals surface area (Å²) in [5, 5.41) is 23.1. The molecule has 1 amide bonds. The molecule has 0 aromatic rings. The maximum atomic E-state index is 12.4. The molecule has 0 aliphatic carbocycles. The van der Waals surface area contributed by atoms with Crippen LogP contribution in [0.1, 0.15) is 245 Å². The van der Waals surface area contributed by atoms with E-state index in [-0.39, 0.29) is 18.5 Å². The third-order valence-electron chi connectivity index (χ3n) is 10.9. The number of aliphatic hydroxyl groups is 2. The van der Waals surface area contributed by atoms with Crippen molar-refractivity contribution < 1.29 is 24.5 Å². The summed E-state index contributed by atoms with van der Waals surface area (Å²) in [5.74, 6) is -0.119. The Labute approximate surface area is 347 Å². The average Bonchev–Trinajstić information content (AvgIpc) is 3.20. The second-order valence-electron chi connectivity index (χ2n) is 16.4. The van der Waals surface area contributed by atoms with Gasteiger partial charge in [-0.15, -0.1) is 0 Å². The SMILES string of the molecule is CCCCCC/C=C\C/C=C\CCCCCCCCCC(=O)OCCCC/C=C\CCCCCCC(=O)NC(CO)C(O)CCCCCCCCCCCCC. The largest absolute Gasteiger partial charge is 0.466 e. The van der Waals surface area contributed by atoms with E-state index in [0.29, 0.717) is 25.9 Å². The molecule has 0 aliphatic heterocycles. The van der Waals surface area contributed by atoms with Crippen molar-refractivity contribution in [2.45, 2.75) is 257 Å².